The van der Waals surface area contributed by atoms with Crippen molar-refractivity contribution in [1.82, 2.24) is 0 Å². The topological polar surface area (TPSA) is 26.3 Å². The zero-order chi connectivity index (χ0) is 8.32. The Morgan fingerprint density at radius 1 is 1.73 bits per heavy atom. The molecule has 1 heterocycles. The average Bonchev–Trinajstić information content (AvgIpc) is 1.96. The third-order valence-corrected chi connectivity index (χ3v) is 5.64. The quantitative estimate of drug-likeness (QED) is 0.661. The molecular weight excluding hydrogens is 180 g/mol. The molecule has 11 heavy (non-hydrogen) atoms. The summed E-state index contributed by atoms with van der Waals surface area (Å²) < 4.78 is 16.4. The van der Waals surface area contributed by atoms with Crippen LogP contribution in [0.4, 0.5) is 0 Å². The van der Waals surface area contributed by atoms with E-state index in [1.54, 1.807) is 18.9 Å². The molecule has 2 unspecified atom stereocenters. The lowest BCUT2D eigenvalue weighted by molar-refractivity contribution is 0.194. The third kappa shape index (κ3) is 2.20. The van der Waals surface area contributed by atoms with Crippen molar-refractivity contribution in [3.8, 4) is 0 Å². The number of hydrogen-bond acceptors (Lipinski definition) is 3. The molecule has 2 atom stereocenters. The number of hydrogen-bond donors (Lipinski definition) is 0. The zero-order valence-corrected chi connectivity index (χ0v) is 8.59. The SMILES string of the molecule is COCC1(C)SCCCS1=O. The first-order valence-electron chi connectivity index (χ1n) is 3.70. The highest BCUT2D eigenvalue weighted by Crippen LogP contribution is 2.34. The van der Waals surface area contributed by atoms with Gasteiger partial charge in [0.15, 0.2) is 0 Å². The molecule has 1 aliphatic heterocycles. The lowest BCUT2D eigenvalue weighted by atomic mass is 10.5. The molecule has 1 aliphatic rings. The van der Waals surface area contributed by atoms with E-state index in [0.29, 0.717) is 6.61 Å². The lowest BCUT2D eigenvalue weighted by Gasteiger charge is -2.30. The Morgan fingerprint density at radius 3 is 3.00 bits per heavy atom. The van der Waals surface area contributed by atoms with Crippen LogP contribution in [-0.4, -0.2) is 33.5 Å². The van der Waals surface area contributed by atoms with Crippen molar-refractivity contribution in [3.05, 3.63) is 0 Å². The van der Waals surface area contributed by atoms with Gasteiger partial charge >= 0.3 is 0 Å². The maximum atomic E-state index is 11.5. The molecule has 4 heteroatoms. The monoisotopic (exact) mass is 194 g/mol. The van der Waals surface area contributed by atoms with Crippen molar-refractivity contribution in [2.45, 2.75) is 17.4 Å². The van der Waals surface area contributed by atoms with Crippen LogP contribution in [0.2, 0.25) is 0 Å². The van der Waals surface area contributed by atoms with Crippen molar-refractivity contribution in [3.63, 3.8) is 0 Å². The van der Waals surface area contributed by atoms with Gasteiger partial charge in [0.2, 0.25) is 0 Å². The summed E-state index contributed by atoms with van der Waals surface area (Å²) in [5, 5.41) is 0. The fourth-order valence-corrected chi connectivity index (χ4v) is 4.35. The number of ether oxygens (including phenoxy) is 1. The summed E-state index contributed by atoms with van der Waals surface area (Å²) in [6.45, 7) is 2.63. The second-order valence-corrected chi connectivity index (χ2v) is 6.68. The predicted molar refractivity (Wildman–Crippen MR) is 50.4 cm³/mol. The Morgan fingerprint density at radius 2 is 2.45 bits per heavy atom. The van der Waals surface area contributed by atoms with E-state index in [0.717, 1.165) is 17.9 Å². The van der Waals surface area contributed by atoms with E-state index in [-0.39, 0.29) is 4.08 Å². The number of thioether (sulfide) groups is 1. The molecule has 0 aromatic carbocycles. The van der Waals surface area contributed by atoms with E-state index in [1.165, 1.54) is 0 Å². The van der Waals surface area contributed by atoms with Gasteiger partial charge in [0.25, 0.3) is 0 Å². The van der Waals surface area contributed by atoms with E-state index in [4.69, 9.17) is 4.74 Å². The predicted octanol–water partition coefficient (Wildman–Crippen LogP) is 1.23. The van der Waals surface area contributed by atoms with E-state index in [2.05, 4.69) is 0 Å². The average molecular weight is 194 g/mol. The van der Waals surface area contributed by atoms with Crippen molar-refractivity contribution < 1.29 is 8.95 Å². The lowest BCUT2D eigenvalue weighted by Crippen LogP contribution is -2.37. The molecule has 66 valence electrons. The highest BCUT2D eigenvalue weighted by molar-refractivity contribution is 8.13. The van der Waals surface area contributed by atoms with Gasteiger partial charge in [-0.2, -0.15) is 0 Å². The van der Waals surface area contributed by atoms with Gasteiger partial charge in [0, 0.05) is 23.7 Å². The fourth-order valence-electron chi connectivity index (χ4n) is 1.13. The fraction of sp³-hybridized carbons (Fsp3) is 1.00. The molecule has 1 saturated heterocycles. The maximum absolute atomic E-state index is 11.5. The Balaban J connectivity index is 2.57. The molecule has 1 fully saturated rings. The normalized spacial score (nSPS) is 38.9. The van der Waals surface area contributed by atoms with Gasteiger partial charge in [-0.3, -0.25) is 4.21 Å². The molecule has 0 N–H and O–H groups in total. The Kier molecular flexibility index (Phi) is 3.40. The van der Waals surface area contributed by atoms with E-state index in [1.807, 2.05) is 6.92 Å². The zero-order valence-electron chi connectivity index (χ0n) is 6.96. The highest BCUT2D eigenvalue weighted by atomic mass is 32.2. The van der Waals surface area contributed by atoms with Crippen LogP contribution < -0.4 is 0 Å². The molecule has 0 aromatic rings. The van der Waals surface area contributed by atoms with Crippen LogP contribution in [0.25, 0.3) is 0 Å². The van der Waals surface area contributed by atoms with Gasteiger partial charge in [-0.05, 0) is 19.1 Å². The Hall–Kier alpha value is 0.460. The smallest absolute Gasteiger partial charge is 0.111 e. The van der Waals surface area contributed by atoms with Crippen LogP contribution in [0.5, 0.6) is 0 Å². The first kappa shape index (κ1) is 9.55. The first-order chi connectivity index (χ1) is 5.19. The van der Waals surface area contributed by atoms with Crippen LogP contribution in [-0.2, 0) is 15.5 Å². The molecule has 2 nitrogen and oxygen atoms in total. The molecule has 0 saturated carbocycles. The molecule has 0 aliphatic carbocycles. The van der Waals surface area contributed by atoms with Gasteiger partial charge < -0.3 is 4.74 Å². The van der Waals surface area contributed by atoms with Crippen molar-refractivity contribution in [1.29, 1.82) is 0 Å². The molecule has 0 bridgehead atoms. The number of methoxy groups -OCH3 is 1. The summed E-state index contributed by atoms with van der Waals surface area (Å²) in [4.78, 5) is 0. The van der Waals surface area contributed by atoms with Gasteiger partial charge in [-0.25, -0.2) is 0 Å². The van der Waals surface area contributed by atoms with Crippen molar-refractivity contribution >= 4 is 22.6 Å². The van der Waals surface area contributed by atoms with Gasteiger partial charge in [0.05, 0.1) is 6.61 Å². The summed E-state index contributed by atoms with van der Waals surface area (Å²) in [5.74, 6) is 1.96. The van der Waals surface area contributed by atoms with Crippen LogP contribution in [0, 0.1) is 0 Å². The van der Waals surface area contributed by atoms with E-state index < -0.39 is 10.8 Å². The third-order valence-electron chi connectivity index (χ3n) is 1.77. The van der Waals surface area contributed by atoms with Crippen LogP contribution in [0.3, 0.4) is 0 Å². The molecular formula is C7H14O2S2. The van der Waals surface area contributed by atoms with Crippen molar-refractivity contribution in [2.24, 2.45) is 0 Å². The minimum absolute atomic E-state index is 0.146. The summed E-state index contributed by atoms with van der Waals surface area (Å²) >= 11 is 1.77. The standard InChI is InChI=1S/C7H14O2S2/c1-7(6-9-2)10-4-3-5-11(7)8/h3-6H2,1-2H3. The van der Waals surface area contributed by atoms with Crippen LogP contribution in [0.15, 0.2) is 0 Å². The molecule has 0 radical (unpaired) electrons. The van der Waals surface area contributed by atoms with Gasteiger partial charge in [-0.1, -0.05) is 0 Å². The highest BCUT2D eigenvalue weighted by Gasteiger charge is 2.34. The Bertz CT molecular complexity index is 157. The van der Waals surface area contributed by atoms with E-state index >= 15 is 0 Å². The first-order valence-corrected chi connectivity index (χ1v) is 6.01. The molecule has 0 amide bonds. The van der Waals surface area contributed by atoms with Crippen molar-refractivity contribution in [2.75, 3.05) is 25.2 Å². The second kappa shape index (κ2) is 3.92. The summed E-state index contributed by atoms with van der Waals surface area (Å²) in [7, 11) is 0.959. The molecule has 1 rings (SSSR count). The minimum atomic E-state index is -0.705. The Labute approximate surface area is 74.5 Å². The number of rotatable bonds is 2. The minimum Gasteiger partial charge on any atom is -0.382 e. The van der Waals surface area contributed by atoms with Gasteiger partial charge in [0.1, 0.15) is 4.08 Å². The summed E-state index contributed by atoms with van der Waals surface area (Å²) in [6, 6.07) is 0. The summed E-state index contributed by atoms with van der Waals surface area (Å²) in [5.41, 5.74) is 0. The van der Waals surface area contributed by atoms with E-state index in [9.17, 15) is 4.21 Å². The van der Waals surface area contributed by atoms with Crippen LogP contribution in [0.1, 0.15) is 13.3 Å². The largest absolute Gasteiger partial charge is 0.382 e. The molecule has 0 spiro atoms. The van der Waals surface area contributed by atoms with Gasteiger partial charge in [-0.15, -0.1) is 11.8 Å². The maximum Gasteiger partial charge on any atom is 0.111 e. The second-order valence-electron chi connectivity index (χ2n) is 2.82. The summed E-state index contributed by atoms with van der Waals surface area (Å²) in [6.07, 6.45) is 1.08. The molecule has 0 aromatic heterocycles. The van der Waals surface area contributed by atoms with Crippen LogP contribution >= 0.6 is 11.8 Å².